The number of H-pyrrole nitrogens is 1. The summed E-state index contributed by atoms with van der Waals surface area (Å²) in [6, 6.07) is 2.48. The SMILES string of the molecule is O=C(N1CC2(CC(Cn3nccc3C3CC3)C2)C1)N1CC2(CC(c3n[nH]c(C4CC4)n3)C2)C1. The quantitative estimate of drug-likeness (QED) is 0.761. The van der Waals surface area contributed by atoms with Crippen molar-refractivity contribution < 1.29 is 4.79 Å². The monoisotopic (exact) mass is 447 g/mol. The van der Waals surface area contributed by atoms with Crippen molar-refractivity contribution in [1.82, 2.24) is 34.8 Å². The molecule has 8 rings (SSSR count). The molecule has 1 N–H and O–H groups in total. The lowest BCUT2D eigenvalue weighted by Crippen LogP contribution is -2.71. The number of urea groups is 1. The van der Waals surface area contributed by atoms with Crippen LogP contribution in [0.1, 0.15) is 86.5 Å². The van der Waals surface area contributed by atoms with E-state index < -0.39 is 0 Å². The maximum Gasteiger partial charge on any atom is 0.320 e. The zero-order chi connectivity index (χ0) is 21.8. The second-order valence-electron chi connectivity index (χ2n) is 12.4. The van der Waals surface area contributed by atoms with E-state index in [2.05, 4.69) is 35.8 Å². The number of carbonyl (C=O) groups is 1. The van der Waals surface area contributed by atoms with E-state index >= 15 is 0 Å². The zero-order valence-corrected chi connectivity index (χ0v) is 19.2. The lowest BCUT2D eigenvalue weighted by atomic mass is 9.57. The maximum absolute atomic E-state index is 13.0. The van der Waals surface area contributed by atoms with Crippen LogP contribution >= 0.6 is 0 Å². The molecular formula is C25H33N7O. The molecule has 0 bridgehead atoms. The number of rotatable bonds is 5. The van der Waals surface area contributed by atoms with Crippen LogP contribution in [0.5, 0.6) is 0 Å². The molecule has 0 radical (unpaired) electrons. The Bertz CT molecular complexity index is 1080. The van der Waals surface area contributed by atoms with Crippen LogP contribution in [0, 0.1) is 16.7 Å². The highest BCUT2D eigenvalue weighted by molar-refractivity contribution is 5.77. The van der Waals surface area contributed by atoms with Crippen LogP contribution in [0.3, 0.4) is 0 Å². The third-order valence-corrected chi connectivity index (χ3v) is 9.47. The van der Waals surface area contributed by atoms with Gasteiger partial charge in [0, 0.05) is 73.2 Å². The van der Waals surface area contributed by atoms with E-state index in [1.165, 1.54) is 44.2 Å². The van der Waals surface area contributed by atoms with E-state index in [0.29, 0.717) is 22.7 Å². The van der Waals surface area contributed by atoms with Crippen molar-refractivity contribution in [3.8, 4) is 0 Å². The summed E-state index contributed by atoms with van der Waals surface area (Å²) in [6.07, 6.45) is 11.9. The Kier molecular flexibility index (Phi) is 3.68. The van der Waals surface area contributed by atoms with E-state index in [1.54, 1.807) is 0 Å². The molecule has 33 heavy (non-hydrogen) atoms. The van der Waals surface area contributed by atoms with Crippen LogP contribution in [0.25, 0.3) is 0 Å². The Morgan fingerprint density at radius 3 is 2.27 bits per heavy atom. The Morgan fingerprint density at radius 2 is 1.61 bits per heavy atom. The van der Waals surface area contributed by atoms with Gasteiger partial charge in [-0.05, 0) is 63.4 Å². The van der Waals surface area contributed by atoms with Crippen LogP contribution in [0.2, 0.25) is 0 Å². The Balaban J connectivity index is 0.794. The summed E-state index contributed by atoms with van der Waals surface area (Å²) in [6.45, 7) is 4.85. The molecule has 2 amide bonds. The summed E-state index contributed by atoms with van der Waals surface area (Å²) in [7, 11) is 0. The topological polar surface area (TPSA) is 82.9 Å². The van der Waals surface area contributed by atoms with Crippen LogP contribution in [-0.4, -0.2) is 67.0 Å². The molecule has 4 saturated carbocycles. The number of aromatic nitrogens is 5. The van der Waals surface area contributed by atoms with Gasteiger partial charge in [-0.25, -0.2) is 9.78 Å². The lowest BCUT2D eigenvalue weighted by Gasteiger charge is -2.63. The molecular weight excluding hydrogens is 414 g/mol. The molecule has 0 unspecified atom stereocenters. The van der Waals surface area contributed by atoms with Gasteiger partial charge in [-0.15, -0.1) is 0 Å². The lowest BCUT2D eigenvalue weighted by molar-refractivity contribution is -0.103. The molecule has 2 aliphatic heterocycles. The molecule has 0 atom stereocenters. The molecule has 6 aliphatic rings. The summed E-state index contributed by atoms with van der Waals surface area (Å²) in [4.78, 5) is 21.9. The van der Waals surface area contributed by atoms with Gasteiger partial charge in [0.15, 0.2) is 5.82 Å². The third-order valence-electron chi connectivity index (χ3n) is 9.47. The van der Waals surface area contributed by atoms with Gasteiger partial charge in [-0.2, -0.15) is 10.2 Å². The van der Waals surface area contributed by atoms with Crippen molar-refractivity contribution in [3.05, 3.63) is 29.6 Å². The van der Waals surface area contributed by atoms with Crippen molar-refractivity contribution in [2.45, 2.75) is 75.7 Å². The first kappa shape index (κ1) is 19.0. The molecule has 2 spiro atoms. The fourth-order valence-corrected chi connectivity index (χ4v) is 7.45. The molecule has 4 heterocycles. The number of amides is 2. The van der Waals surface area contributed by atoms with Gasteiger partial charge >= 0.3 is 6.03 Å². The van der Waals surface area contributed by atoms with Crippen molar-refractivity contribution in [1.29, 1.82) is 0 Å². The summed E-state index contributed by atoms with van der Waals surface area (Å²) >= 11 is 0. The first-order chi connectivity index (χ1) is 16.1. The Morgan fingerprint density at radius 1 is 0.939 bits per heavy atom. The number of nitrogens with one attached hydrogen (secondary N) is 1. The third kappa shape index (κ3) is 3.01. The summed E-state index contributed by atoms with van der Waals surface area (Å²) in [5, 5.41) is 12.2. The Hall–Kier alpha value is -2.38. The summed E-state index contributed by atoms with van der Waals surface area (Å²) < 4.78 is 2.26. The number of carbonyl (C=O) groups excluding carboxylic acids is 1. The normalized spacial score (nSPS) is 27.9. The van der Waals surface area contributed by atoms with Gasteiger partial charge in [0.05, 0.1) is 0 Å². The molecule has 2 aromatic rings. The van der Waals surface area contributed by atoms with E-state index in [1.807, 2.05) is 6.20 Å². The summed E-state index contributed by atoms with van der Waals surface area (Å²) in [5.41, 5.74) is 2.19. The molecule has 6 fully saturated rings. The number of nitrogens with zero attached hydrogens (tertiary/aromatic N) is 6. The largest absolute Gasteiger partial charge is 0.323 e. The van der Waals surface area contributed by atoms with Crippen LogP contribution < -0.4 is 0 Å². The molecule has 2 saturated heterocycles. The predicted octanol–water partition coefficient (Wildman–Crippen LogP) is 3.47. The number of aromatic amines is 1. The highest BCUT2D eigenvalue weighted by Gasteiger charge is 2.58. The zero-order valence-electron chi connectivity index (χ0n) is 19.2. The van der Waals surface area contributed by atoms with Gasteiger partial charge in [0.25, 0.3) is 0 Å². The van der Waals surface area contributed by atoms with Crippen molar-refractivity contribution >= 4 is 6.03 Å². The smallest absolute Gasteiger partial charge is 0.320 e. The Labute approximate surface area is 194 Å². The fraction of sp³-hybridized carbons (Fsp3) is 0.760. The minimum atomic E-state index is 0.273. The average molecular weight is 448 g/mol. The van der Waals surface area contributed by atoms with E-state index in [4.69, 9.17) is 4.98 Å². The number of likely N-dealkylation sites (tertiary alicyclic amines) is 2. The van der Waals surface area contributed by atoms with Crippen molar-refractivity contribution in [3.63, 3.8) is 0 Å². The van der Waals surface area contributed by atoms with Crippen LogP contribution in [0.15, 0.2) is 12.3 Å². The van der Waals surface area contributed by atoms with Crippen molar-refractivity contribution in [2.24, 2.45) is 16.7 Å². The molecule has 4 aliphatic carbocycles. The molecule has 2 aromatic heterocycles. The second-order valence-corrected chi connectivity index (χ2v) is 12.4. The molecule has 174 valence electrons. The highest BCUT2D eigenvalue weighted by Crippen LogP contribution is 2.57. The molecule has 8 heteroatoms. The summed E-state index contributed by atoms with van der Waals surface area (Å²) in [5.74, 6) is 4.72. The number of hydrogen-bond donors (Lipinski definition) is 1. The first-order valence-electron chi connectivity index (χ1n) is 13.0. The molecule has 8 nitrogen and oxygen atoms in total. The minimum absolute atomic E-state index is 0.273. The van der Waals surface area contributed by atoms with E-state index in [-0.39, 0.29) is 6.03 Å². The molecule has 0 aromatic carbocycles. The van der Waals surface area contributed by atoms with Gasteiger partial charge in [-0.3, -0.25) is 9.78 Å². The predicted molar refractivity (Wildman–Crippen MR) is 121 cm³/mol. The fourth-order valence-electron chi connectivity index (χ4n) is 7.45. The van der Waals surface area contributed by atoms with Crippen LogP contribution in [-0.2, 0) is 6.54 Å². The van der Waals surface area contributed by atoms with Crippen LogP contribution in [0.4, 0.5) is 4.79 Å². The minimum Gasteiger partial charge on any atom is -0.323 e. The van der Waals surface area contributed by atoms with Gasteiger partial charge < -0.3 is 9.80 Å². The van der Waals surface area contributed by atoms with Gasteiger partial charge in [0.2, 0.25) is 0 Å². The first-order valence-corrected chi connectivity index (χ1v) is 13.0. The van der Waals surface area contributed by atoms with Crippen molar-refractivity contribution in [2.75, 3.05) is 26.2 Å². The van der Waals surface area contributed by atoms with Gasteiger partial charge in [-0.1, -0.05) is 0 Å². The van der Waals surface area contributed by atoms with E-state index in [9.17, 15) is 4.79 Å². The second kappa shape index (κ2) is 6.39. The van der Waals surface area contributed by atoms with E-state index in [0.717, 1.165) is 69.1 Å². The number of hydrogen-bond acceptors (Lipinski definition) is 4. The average Bonchev–Trinajstić information content (AvgIpc) is 3.62. The standard InChI is InChI=1S/C25H33N7O/c33-23(31-14-25(15-31)9-19(10-25)22-27-21(28-29-22)18-3-4-18)30-12-24(13-30)7-16(8-24)11-32-20(5-6-26-32)17-1-2-17/h5-6,16-19H,1-4,7-15H2,(H,27,28,29). The maximum atomic E-state index is 13.0. The van der Waals surface area contributed by atoms with Gasteiger partial charge in [0.1, 0.15) is 5.82 Å². The highest BCUT2D eigenvalue weighted by atomic mass is 16.2.